The number of fused-ring (bicyclic) bond motifs is 4. The van der Waals surface area contributed by atoms with Gasteiger partial charge in [0.1, 0.15) is 5.75 Å². The van der Waals surface area contributed by atoms with Gasteiger partial charge in [-0.05, 0) is 84.5 Å². The van der Waals surface area contributed by atoms with Crippen molar-refractivity contribution in [2.24, 2.45) is 23.7 Å². The van der Waals surface area contributed by atoms with Crippen LogP contribution in [0.2, 0.25) is 10.0 Å². The zero-order chi connectivity index (χ0) is 38.2. The third-order valence-electron chi connectivity index (χ3n) is 11.2. The number of allylic oxidation sites excluding steroid dienone is 2. The molecule has 274 valence electrons. The first-order chi connectivity index (χ1) is 25.9. The van der Waals surface area contributed by atoms with Crippen LogP contribution < -0.4 is 15.1 Å². The summed E-state index contributed by atoms with van der Waals surface area (Å²) in [6, 6.07) is 20.0. The molecule has 2 saturated heterocycles. The number of methoxy groups -OCH3 is 1. The number of aromatic hydroxyl groups is 1. The van der Waals surface area contributed by atoms with E-state index in [1.165, 1.54) is 61.7 Å². The number of non-ortho nitro benzene ring substituents is 1. The second kappa shape index (κ2) is 13.0. The number of nitrogens with one attached hydrogen (secondary N) is 1. The molecule has 54 heavy (non-hydrogen) atoms. The van der Waals surface area contributed by atoms with Crippen molar-refractivity contribution in [3.8, 4) is 11.5 Å². The molecule has 0 radical (unpaired) electrons. The van der Waals surface area contributed by atoms with E-state index in [4.69, 9.17) is 27.9 Å². The van der Waals surface area contributed by atoms with Crippen molar-refractivity contribution in [1.82, 2.24) is 5.01 Å². The number of hydrogen-bond acceptors (Lipinski definition) is 9. The van der Waals surface area contributed by atoms with Gasteiger partial charge in [0.2, 0.25) is 11.8 Å². The largest absolute Gasteiger partial charge is 0.505 e. The summed E-state index contributed by atoms with van der Waals surface area (Å²) >= 11 is 12.6. The Morgan fingerprint density at radius 3 is 2.30 bits per heavy atom. The van der Waals surface area contributed by atoms with Gasteiger partial charge >= 0.3 is 0 Å². The van der Waals surface area contributed by atoms with Crippen LogP contribution in [-0.4, -0.2) is 45.8 Å². The summed E-state index contributed by atoms with van der Waals surface area (Å²) < 4.78 is 20.8. The number of anilines is 2. The maximum Gasteiger partial charge on any atom is 0.269 e. The fourth-order valence-electron chi connectivity index (χ4n) is 8.90. The summed E-state index contributed by atoms with van der Waals surface area (Å²) in [5.74, 6) is -8.25. The Morgan fingerprint density at radius 1 is 0.926 bits per heavy atom. The Balaban J connectivity index is 1.31. The predicted octanol–water partition coefficient (Wildman–Crippen LogP) is 6.94. The number of phenols is 1. The lowest BCUT2D eigenvalue weighted by atomic mass is 9.49. The van der Waals surface area contributed by atoms with Gasteiger partial charge in [0, 0.05) is 23.1 Å². The zero-order valence-corrected chi connectivity index (χ0v) is 29.8. The van der Waals surface area contributed by atoms with E-state index in [9.17, 15) is 29.6 Å². The Kier molecular flexibility index (Phi) is 8.46. The molecule has 6 unspecified atom stereocenters. The van der Waals surface area contributed by atoms with Crippen LogP contribution in [0.1, 0.15) is 29.9 Å². The third kappa shape index (κ3) is 5.17. The normalized spacial score (nSPS) is 25.9. The molecule has 8 rings (SSSR count). The number of ether oxygens (including phenoxy) is 1. The Morgan fingerprint density at radius 2 is 1.65 bits per heavy atom. The van der Waals surface area contributed by atoms with E-state index in [0.29, 0.717) is 21.9 Å². The summed E-state index contributed by atoms with van der Waals surface area (Å²) in [5.41, 5.74) is 2.57. The number of amides is 4. The molecule has 2 aliphatic heterocycles. The van der Waals surface area contributed by atoms with E-state index < -0.39 is 75.1 Å². The number of phenolic OH excluding ortho intramolecular Hbond substituents is 1. The third-order valence-corrected chi connectivity index (χ3v) is 11.8. The lowest BCUT2D eigenvalue weighted by Gasteiger charge is -2.50. The van der Waals surface area contributed by atoms with Gasteiger partial charge in [-0.15, -0.1) is 0 Å². The minimum atomic E-state index is -1.72. The molecule has 15 heteroatoms. The molecular weight excluding hydrogens is 742 g/mol. The number of nitrogens with zero attached hydrogens (tertiary/aromatic N) is 3. The van der Waals surface area contributed by atoms with Crippen LogP contribution in [0.25, 0.3) is 0 Å². The molecule has 1 saturated carbocycles. The first-order valence-electron chi connectivity index (χ1n) is 16.9. The van der Waals surface area contributed by atoms with Crippen molar-refractivity contribution in [3.63, 3.8) is 0 Å². The summed E-state index contributed by atoms with van der Waals surface area (Å²) in [6.45, 7) is 0. The second-order valence-electron chi connectivity index (χ2n) is 13.7. The number of carbonyl (C=O) groups excluding carboxylic acids is 4. The average Bonchev–Trinajstić information content (AvgIpc) is 3.54. The van der Waals surface area contributed by atoms with Crippen LogP contribution in [0, 0.1) is 39.6 Å². The molecule has 6 atom stereocenters. The van der Waals surface area contributed by atoms with Gasteiger partial charge in [-0.1, -0.05) is 53.1 Å². The van der Waals surface area contributed by atoms with Gasteiger partial charge in [-0.3, -0.25) is 39.6 Å². The first-order valence-corrected chi connectivity index (χ1v) is 17.7. The van der Waals surface area contributed by atoms with Gasteiger partial charge in [-0.2, -0.15) is 5.01 Å². The smallest absolute Gasteiger partial charge is 0.269 e. The minimum absolute atomic E-state index is 0.0413. The van der Waals surface area contributed by atoms with Crippen LogP contribution >= 0.6 is 23.2 Å². The van der Waals surface area contributed by atoms with E-state index in [0.717, 1.165) is 16.0 Å². The number of halogens is 3. The van der Waals surface area contributed by atoms with Crippen molar-refractivity contribution in [2.45, 2.75) is 24.2 Å². The molecule has 3 fully saturated rings. The molecule has 0 bridgehead atoms. The van der Waals surface area contributed by atoms with Crippen LogP contribution in [0.3, 0.4) is 0 Å². The van der Waals surface area contributed by atoms with E-state index in [1.807, 2.05) is 0 Å². The van der Waals surface area contributed by atoms with Crippen molar-refractivity contribution in [3.05, 3.63) is 134 Å². The van der Waals surface area contributed by atoms with Gasteiger partial charge < -0.3 is 9.84 Å². The highest BCUT2D eigenvalue weighted by atomic mass is 35.5. The monoisotopic (exact) mass is 770 g/mol. The average molecular weight is 772 g/mol. The molecule has 4 aromatic rings. The highest BCUT2D eigenvalue weighted by molar-refractivity contribution is 6.36. The van der Waals surface area contributed by atoms with Gasteiger partial charge in [0.15, 0.2) is 11.6 Å². The number of benzene rings is 4. The van der Waals surface area contributed by atoms with E-state index in [-0.39, 0.29) is 40.5 Å². The molecule has 4 aliphatic rings. The number of imide groups is 2. The highest BCUT2D eigenvalue weighted by Crippen LogP contribution is 2.64. The summed E-state index contributed by atoms with van der Waals surface area (Å²) in [6.07, 6.45) is 1.85. The van der Waals surface area contributed by atoms with Crippen molar-refractivity contribution in [2.75, 3.05) is 17.4 Å². The zero-order valence-electron chi connectivity index (χ0n) is 28.2. The van der Waals surface area contributed by atoms with Gasteiger partial charge in [-0.25, -0.2) is 4.39 Å². The van der Waals surface area contributed by atoms with E-state index in [2.05, 4.69) is 5.43 Å². The fourth-order valence-corrected chi connectivity index (χ4v) is 9.35. The highest BCUT2D eigenvalue weighted by Gasteiger charge is 2.70. The topological polar surface area (TPSA) is 159 Å². The number of nitro benzene ring substituents is 1. The number of hydrazine groups is 1. The Labute approximate surface area is 316 Å². The lowest BCUT2D eigenvalue weighted by Crippen LogP contribution is -2.53. The number of rotatable bonds is 7. The van der Waals surface area contributed by atoms with Crippen LogP contribution in [0.5, 0.6) is 11.5 Å². The second-order valence-corrected chi connectivity index (χ2v) is 14.6. The van der Waals surface area contributed by atoms with Crippen molar-refractivity contribution >= 4 is 63.9 Å². The molecule has 2 N–H and O–H groups in total. The van der Waals surface area contributed by atoms with Crippen LogP contribution in [0.15, 0.2) is 96.6 Å². The molecular formula is C39H29Cl2FN4O8. The van der Waals surface area contributed by atoms with Crippen LogP contribution in [-0.2, 0) is 24.6 Å². The molecule has 0 aromatic heterocycles. The first kappa shape index (κ1) is 35.3. The Hall–Kier alpha value is -5.79. The molecule has 0 spiro atoms. The summed E-state index contributed by atoms with van der Waals surface area (Å²) in [5, 5.41) is 22.9. The minimum Gasteiger partial charge on any atom is -0.505 e. The predicted molar refractivity (Wildman–Crippen MR) is 194 cm³/mol. The van der Waals surface area contributed by atoms with E-state index >= 15 is 9.18 Å². The van der Waals surface area contributed by atoms with Crippen LogP contribution in [0.4, 0.5) is 21.5 Å². The lowest BCUT2D eigenvalue weighted by molar-refractivity contribution is -0.384. The van der Waals surface area contributed by atoms with Gasteiger partial charge in [0.25, 0.3) is 17.5 Å². The van der Waals surface area contributed by atoms with Crippen molar-refractivity contribution < 1.29 is 38.3 Å². The van der Waals surface area contributed by atoms with Gasteiger partial charge in [0.05, 0.1) is 51.6 Å². The molecule has 2 heterocycles. The number of carbonyl (C=O) groups is 4. The maximum absolute atomic E-state index is 15.4. The number of nitro groups is 1. The standard InChI is InChI=1S/C39H29Cl2FN4O8/c1-54-24-10-3-20(4-11-24)39-28(36(49)45(38(39)51)43-31-14-5-21(40)17-29(31)41)18-27-25(34(39)19-2-15-32(47)30(42)16-19)12-13-26-33(27)37(50)44(35(26)48)22-6-8-23(9-7-22)46(52)53/h2-12,14-17,26-28,33-34,43,47H,13,18H2,1H3. The van der Waals surface area contributed by atoms with E-state index in [1.54, 1.807) is 30.3 Å². The number of hydrogen-bond donors (Lipinski definition) is 2. The van der Waals surface area contributed by atoms with Crippen molar-refractivity contribution in [1.29, 1.82) is 0 Å². The summed E-state index contributed by atoms with van der Waals surface area (Å²) in [4.78, 5) is 70.2. The molecule has 12 nitrogen and oxygen atoms in total. The quantitative estimate of drug-likeness (QED) is 0.0878. The fraction of sp³-hybridized carbons (Fsp3) is 0.231. The molecule has 4 amide bonds. The summed E-state index contributed by atoms with van der Waals surface area (Å²) in [7, 11) is 1.48. The SMILES string of the molecule is COc1ccc(C23C(=O)N(Nc4ccc(Cl)cc4Cl)C(=O)C2CC2C(=CCC4C(=O)N(c5ccc([N+](=O)[O-])cc5)C(=O)C42)C3c2ccc(O)c(F)c2)cc1. The Bertz CT molecular complexity index is 2320. The molecule has 2 aliphatic carbocycles. The molecule has 4 aromatic carbocycles. The maximum atomic E-state index is 15.4.